The van der Waals surface area contributed by atoms with Gasteiger partial charge >= 0.3 is 0 Å². The van der Waals surface area contributed by atoms with Crippen LogP contribution in [0, 0.1) is 11.3 Å². The van der Waals surface area contributed by atoms with Crippen LogP contribution in [-0.2, 0) is 24.2 Å². The van der Waals surface area contributed by atoms with E-state index in [0.717, 1.165) is 48.9 Å². The van der Waals surface area contributed by atoms with E-state index in [4.69, 9.17) is 0 Å². The molecule has 1 unspecified atom stereocenters. The van der Waals surface area contributed by atoms with Crippen molar-refractivity contribution in [1.29, 1.82) is 0 Å². The standard InChI is InChI=1S/C21H31N3O2S/c1-6-7-10-23(5)17(25)12-24-13-22-19-18(20(24)26)15-9-8-14(21(2,3)4)11-16(15)27-19/h13-14H,6-12H2,1-5H3. The number of hydrogen-bond donors (Lipinski definition) is 0. The van der Waals surface area contributed by atoms with Gasteiger partial charge in [0.1, 0.15) is 11.4 Å². The third-order valence-electron chi connectivity index (χ3n) is 5.84. The average molecular weight is 390 g/mol. The maximum absolute atomic E-state index is 13.1. The zero-order valence-electron chi connectivity index (χ0n) is 17.2. The maximum atomic E-state index is 13.1. The molecule has 2 heterocycles. The SMILES string of the molecule is CCCCN(C)C(=O)Cn1cnc2sc3c(c2c1=O)CCC(C(C)(C)C)C3. The fourth-order valence-corrected chi connectivity index (χ4v) is 5.10. The molecule has 148 valence electrons. The summed E-state index contributed by atoms with van der Waals surface area (Å²) < 4.78 is 1.48. The molecule has 0 bridgehead atoms. The molecule has 0 fully saturated rings. The second-order valence-corrected chi connectivity index (χ2v) is 9.92. The largest absolute Gasteiger partial charge is 0.344 e. The van der Waals surface area contributed by atoms with Gasteiger partial charge < -0.3 is 4.90 Å². The minimum Gasteiger partial charge on any atom is -0.344 e. The lowest BCUT2D eigenvalue weighted by atomic mass is 9.72. The van der Waals surface area contributed by atoms with Gasteiger partial charge in [0, 0.05) is 18.5 Å². The number of hydrogen-bond acceptors (Lipinski definition) is 4. The van der Waals surface area contributed by atoms with Gasteiger partial charge in [-0.25, -0.2) is 4.98 Å². The number of aromatic nitrogens is 2. The van der Waals surface area contributed by atoms with Crippen molar-refractivity contribution in [3.8, 4) is 0 Å². The van der Waals surface area contributed by atoms with Crippen molar-refractivity contribution in [2.45, 2.75) is 66.3 Å². The van der Waals surface area contributed by atoms with E-state index in [1.165, 1.54) is 15.0 Å². The monoisotopic (exact) mass is 389 g/mol. The first kappa shape index (κ1) is 20.1. The number of aryl methyl sites for hydroxylation is 1. The van der Waals surface area contributed by atoms with Crippen LogP contribution in [-0.4, -0.2) is 34.0 Å². The molecule has 6 heteroatoms. The summed E-state index contributed by atoms with van der Waals surface area (Å²) in [5.41, 5.74) is 1.38. The lowest BCUT2D eigenvalue weighted by molar-refractivity contribution is -0.130. The lowest BCUT2D eigenvalue weighted by Gasteiger charge is -2.33. The molecule has 0 spiro atoms. The molecule has 5 nitrogen and oxygen atoms in total. The molecule has 1 aliphatic rings. The van der Waals surface area contributed by atoms with Crippen molar-refractivity contribution < 1.29 is 4.79 Å². The van der Waals surface area contributed by atoms with Crippen LogP contribution in [0.3, 0.4) is 0 Å². The highest BCUT2D eigenvalue weighted by molar-refractivity contribution is 7.18. The molecule has 3 rings (SSSR count). The summed E-state index contributed by atoms with van der Waals surface area (Å²) >= 11 is 1.66. The molecular formula is C21H31N3O2S. The molecule has 0 saturated carbocycles. The van der Waals surface area contributed by atoms with Crippen LogP contribution in [0.1, 0.15) is 57.4 Å². The fourth-order valence-electron chi connectivity index (χ4n) is 3.84. The Balaban J connectivity index is 1.88. The second kappa shape index (κ2) is 7.74. The molecule has 1 amide bonds. The first-order valence-corrected chi connectivity index (χ1v) is 10.8. The highest BCUT2D eigenvalue weighted by Crippen LogP contribution is 2.41. The average Bonchev–Trinajstić information content (AvgIpc) is 2.99. The van der Waals surface area contributed by atoms with E-state index >= 15 is 0 Å². The first-order chi connectivity index (χ1) is 12.7. The summed E-state index contributed by atoms with van der Waals surface area (Å²) in [6.45, 7) is 9.77. The molecule has 0 N–H and O–H groups in total. The van der Waals surface area contributed by atoms with E-state index in [0.29, 0.717) is 5.92 Å². The molecule has 2 aromatic heterocycles. The van der Waals surface area contributed by atoms with Gasteiger partial charge in [0.15, 0.2) is 0 Å². The zero-order valence-corrected chi connectivity index (χ0v) is 18.0. The smallest absolute Gasteiger partial charge is 0.262 e. The Kier molecular flexibility index (Phi) is 5.75. The Hall–Kier alpha value is -1.69. The Morgan fingerprint density at radius 3 is 2.81 bits per heavy atom. The molecule has 0 radical (unpaired) electrons. The molecule has 0 aliphatic heterocycles. The van der Waals surface area contributed by atoms with E-state index in [1.807, 2.05) is 0 Å². The quantitative estimate of drug-likeness (QED) is 0.780. The van der Waals surface area contributed by atoms with Gasteiger partial charge in [0.2, 0.25) is 5.91 Å². The summed E-state index contributed by atoms with van der Waals surface area (Å²) in [6, 6.07) is 0. The van der Waals surface area contributed by atoms with Gasteiger partial charge in [-0.3, -0.25) is 14.2 Å². The van der Waals surface area contributed by atoms with Crippen LogP contribution in [0.4, 0.5) is 0 Å². The molecule has 27 heavy (non-hydrogen) atoms. The van der Waals surface area contributed by atoms with Crippen LogP contribution in [0.5, 0.6) is 0 Å². The number of carbonyl (C=O) groups excluding carboxylic acids is 1. The van der Waals surface area contributed by atoms with Crippen molar-refractivity contribution in [3.05, 3.63) is 27.1 Å². The second-order valence-electron chi connectivity index (χ2n) is 8.84. The summed E-state index contributed by atoms with van der Waals surface area (Å²) in [5.74, 6) is 0.595. The number of nitrogens with zero attached hydrogens (tertiary/aromatic N) is 3. The maximum Gasteiger partial charge on any atom is 0.262 e. The van der Waals surface area contributed by atoms with Crippen molar-refractivity contribution in [2.75, 3.05) is 13.6 Å². The first-order valence-electron chi connectivity index (χ1n) is 9.96. The van der Waals surface area contributed by atoms with Gasteiger partial charge in [-0.15, -0.1) is 11.3 Å². The Morgan fingerprint density at radius 2 is 2.15 bits per heavy atom. The van der Waals surface area contributed by atoms with Crippen LogP contribution < -0.4 is 5.56 Å². The summed E-state index contributed by atoms with van der Waals surface area (Å²) in [4.78, 5) is 33.9. The number of unbranched alkanes of at least 4 members (excludes halogenated alkanes) is 1. The van der Waals surface area contributed by atoms with Crippen LogP contribution >= 0.6 is 11.3 Å². The Morgan fingerprint density at radius 1 is 1.41 bits per heavy atom. The molecule has 1 aliphatic carbocycles. The third kappa shape index (κ3) is 4.10. The molecular weight excluding hydrogens is 358 g/mol. The normalized spacial score (nSPS) is 17.1. The Bertz CT molecular complexity index is 891. The van der Waals surface area contributed by atoms with Crippen molar-refractivity contribution >= 4 is 27.5 Å². The topological polar surface area (TPSA) is 55.2 Å². The molecule has 0 aromatic carbocycles. The van der Waals surface area contributed by atoms with Crippen LogP contribution in [0.15, 0.2) is 11.1 Å². The van der Waals surface area contributed by atoms with Gasteiger partial charge in [-0.2, -0.15) is 0 Å². The fraction of sp³-hybridized carbons (Fsp3) is 0.667. The summed E-state index contributed by atoms with van der Waals surface area (Å²) in [5, 5.41) is 0.744. The van der Waals surface area contributed by atoms with Crippen molar-refractivity contribution in [3.63, 3.8) is 0 Å². The number of thiophene rings is 1. The third-order valence-corrected chi connectivity index (χ3v) is 7.00. The lowest BCUT2D eigenvalue weighted by Crippen LogP contribution is -2.34. The number of fused-ring (bicyclic) bond motifs is 3. The van der Waals surface area contributed by atoms with Gasteiger partial charge in [-0.1, -0.05) is 34.1 Å². The predicted octanol–water partition coefficient (Wildman–Crippen LogP) is 3.87. The molecule has 1 atom stereocenters. The van der Waals surface area contributed by atoms with Crippen molar-refractivity contribution in [2.24, 2.45) is 11.3 Å². The van der Waals surface area contributed by atoms with E-state index in [-0.39, 0.29) is 23.4 Å². The summed E-state index contributed by atoms with van der Waals surface area (Å²) in [6.07, 6.45) is 6.62. The number of rotatable bonds is 5. The van der Waals surface area contributed by atoms with Crippen LogP contribution in [0.2, 0.25) is 0 Å². The number of amides is 1. The van der Waals surface area contributed by atoms with E-state index in [1.54, 1.807) is 29.6 Å². The highest BCUT2D eigenvalue weighted by atomic mass is 32.1. The van der Waals surface area contributed by atoms with E-state index in [9.17, 15) is 9.59 Å². The van der Waals surface area contributed by atoms with Gasteiger partial charge in [0.25, 0.3) is 5.56 Å². The minimum absolute atomic E-state index is 0.0383. The van der Waals surface area contributed by atoms with E-state index < -0.39 is 0 Å². The van der Waals surface area contributed by atoms with E-state index in [2.05, 4.69) is 32.7 Å². The van der Waals surface area contributed by atoms with Crippen LogP contribution in [0.25, 0.3) is 10.2 Å². The van der Waals surface area contributed by atoms with Crippen molar-refractivity contribution in [1.82, 2.24) is 14.5 Å². The summed E-state index contributed by atoms with van der Waals surface area (Å²) in [7, 11) is 1.80. The molecule has 2 aromatic rings. The zero-order chi connectivity index (χ0) is 19.8. The minimum atomic E-state index is -0.0658. The number of likely N-dealkylation sites (N-methyl/N-ethyl adjacent to an activating group) is 1. The molecule has 0 saturated heterocycles. The Labute approximate surface area is 165 Å². The highest BCUT2D eigenvalue weighted by Gasteiger charge is 2.31. The van der Waals surface area contributed by atoms with Gasteiger partial charge in [0.05, 0.1) is 11.7 Å². The van der Waals surface area contributed by atoms with Gasteiger partial charge in [-0.05, 0) is 42.6 Å². The predicted molar refractivity (Wildman–Crippen MR) is 111 cm³/mol. The number of carbonyl (C=O) groups is 1.